The molecule has 0 radical (unpaired) electrons. The smallest absolute Gasteiger partial charge is 0.260 e. The van der Waals surface area contributed by atoms with Gasteiger partial charge in [0.2, 0.25) is 5.91 Å². The number of hydrogen-bond donors (Lipinski definition) is 2. The van der Waals surface area contributed by atoms with Crippen LogP contribution in [0.5, 0.6) is 5.75 Å². The van der Waals surface area contributed by atoms with Crippen LogP contribution in [0.15, 0.2) is 48.5 Å². The minimum Gasteiger partial charge on any atom is -0.477 e. The van der Waals surface area contributed by atoms with Crippen LogP contribution in [-0.4, -0.2) is 31.5 Å². The second kappa shape index (κ2) is 7.99. The maximum Gasteiger partial charge on any atom is 0.260 e. The van der Waals surface area contributed by atoms with Crippen molar-refractivity contribution >= 4 is 29.3 Å². The molecule has 6 nitrogen and oxygen atoms in total. The number of anilines is 2. The van der Waals surface area contributed by atoms with Crippen LogP contribution < -0.4 is 20.7 Å². The number of hydrogen-bond acceptors (Lipinski definition) is 4. The molecule has 1 atom stereocenters. The van der Waals surface area contributed by atoms with Gasteiger partial charge in [0, 0.05) is 18.8 Å². The molecule has 2 amide bonds. The summed E-state index contributed by atoms with van der Waals surface area (Å²) in [5.74, 6) is -0.158. The second-order valence-corrected chi connectivity index (χ2v) is 8.27. The molecule has 6 heteroatoms. The maximum absolute atomic E-state index is 12.3. The Kier molecular flexibility index (Phi) is 5.64. The first kappa shape index (κ1) is 20.5. The highest BCUT2D eigenvalue weighted by molar-refractivity contribution is 6.02. The lowest BCUT2D eigenvalue weighted by Gasteiger charge is -2.32. The lowest BCUT2D eigenvalue weighted by atomic mass is 9.87. The summed E-state index contributed by atoms with van der Waals surface area (Å²) in [6, 6.07) is 13.4. The maximum atomic E-state index is 12.3. The quantitative estimate of drug-likeness (QED) is 0.781. The highest BCUT2D eigenvalue weighted by atomic mass is 16.5. The van der Waals surface area contributed by atoms with Crippen LogP contribution in [0.2, 0.25) is 0 Å². The lowest BCUT2D eigenvalue weighted by Crippen LogP contribution is -2.45. The van der Waals surface area contributed by atoms with Crippen molar-refractivity contribution in [2.24, 2.45) is 5.73 Å². The second-order valence-electron chi connectivity index (χ2n) is 8.27. The van der Waals surface area contributed by atoms with Crippen molar-refractivity contribution in [3.8, 4) is 5.75 Å². The van der Waals surface area contributed by atoms with Crippen molar-refractivity contribution in [3.63, 3.8) is 0 Å². The molecular weight excluding hydrogens is 366 g/mol. The van der Waals surface area contributed by atoms with Crippen LogP contribution in [0.1, 0.15) is 31.9 Å². The van der Waals surface area contributed by atoms with E-state index in [0.29, 0.717) is 18.0 Å². The minimum absolute atomic E-state index is 0.0976. The molecule has 1 heterocycles. The highest BCUT2D eigenvalue weighted by Crippen LogP contribution is 2.34. The third-order valence-corrected chi connectivity index (χ3v) is 4.87. The summed E-state index contributed by atoms with van der Waals surface area (Å²) in [5.41, 5.74) is 9.09. The summed E-state index contributed by atoms with van der Waals surface area (Å²) in [4.78, 5) is 25.6. The van der Waals surface area contributed by atoms with Crippen molar-refractivity contribution in [1.29, 1.82) is 0 Å². The fourth-order valence-corrected chi connectivity index (χ4v) is 3.13. The molecule has 0 saturated heterocycles. The van der Waals surface area contributed by atoms with Crippen LogP contribution >= 0.6 is 0 Å². The van der Waals surface area contributed by atoms with Gasteiger partial charge in [-0.05, 0) is 40.8 Å². The number of nitrogens with zero attached hydrogens (tertiary/aromatic N) is 1. The van der Waals surface area contributed by atoms with Crippen LogP contribution in [-0.2, 0) is 15.0 Å². The Hall–Kier alpha value is -3.28. The zero-order chi connectivity index (χ0) is 21.2. The van der Waals surface area contributed by atoms with Gasteiger partial charge in [0.15, 0.2) is 6.10 Å². The SMILES string of the molecule is CN1CC(C(N)=O)Oc2ccc(NC(=O)/C=C/c3ccc(C(C)(C)C)cc3)cc21. The Morgan fingerprint density at radius 2 is 1.86 bits per heavy atom. The number of primary amides is 1. The third-order valence-electron chi connectivity index (χ3n) is 4.87. The van der Waals surface area contributed by atoms with E-state index in [1.54, 1.807) is 18.2 Å². The van der Waals surface area contributed by atoms with Crippen molar-refractivity contribution in [1.82, 2.24) is 0 Å². The number of fused-ring (bicyclic) bond motifs is 1. The Balaban J connectivity index is 1.66. The van der Waals surface area contributed by atoms with Gasteiger partial charge in [0.05, 0.1) is 12.2 Å². The van der Waals surface area contributed by atoms with E-state index >= 15 is 0 Å². The van der Waals surface area contributed by atoms with Crippen LogP contribution in [0.3, 0.4) is 0 Å². The molecule has 0 saturated carbocycles. The largest absolute Gasteiger partial charge is 0.477 e. The summed E-state index contributed by atoms with van der Waals surface area (Å²) in [6.45, 7) is 6.87. The first-order valence-electron chi connectivity index (χ1n) is 9.54. The molecule has 3 N–H and O–H groups in total. The van der Waals surface area contributed by atoms with Gasteiger partial charge in [-0.15, -0.1) is 0 Å². The zero-order valence-electron chi connectivity index (χ0n) is 17.2. The molecule has 0 spiro atoms. The first-order valence-corrected chi connectivity index (χ1v) is 9.54. The van der Waals surface area contributed by atoms with Gasteiger partial charge in [-0.1, -0.05) is 45.0 Å². The third kappa shape index (κ3) is 4.96. The molecule has 3 rings (SSSR count). The van der Waals surface area contributed by atoms with Gasteiger partial charge in [0.25, 0.3) is 5.91 Å². The lowest BCUT2D eigenvalue weighted by molar-refractivity contribution is -0.124. The molecule has 1 unspecified atom stereocenters. The number of likely N-dealkylation sites (N-methyl/N-ethyl adjacent to an activating group) is 1. The van der Waals surface area contributed by atoms with E-state index in [4.69, 9.17) is 10.5 Å². The molecule has 0 aromatic heterocycles. The van der Waals surface area contributed by atoms with Crippen LogP contribution in [0.25, 0.3) is 6.08 Å². The van der Waals surface area contributed by atoms with Crippen molar-refractivity contribution in [2.45, 2.75) is 32.3 Å². The summed E-state index contributed by atoms with van der Waals surface area (Å²) >= 11 is 0. The molecule has 0 fully saturated rings. The number of benzene rings is 2. The van der Waals surface area contributed by atoms with E-state index in [9.17, 15) is 9.59 Å². The number of ether oxygens (including phenoxy) is 1. The summed E-state index contributed by atoms with van der Waals surface area (Å²) in [5, 5.41) is 2.85. The van der Waals surface area contributed by atoms with Gasteiger partial charge >= 0.3 is 0 Å². The molecule has 1 aliphatic rings. The van der Waals surface area contributed by atoms with E-state index in [1.165, 1.54) is 11.6 Å². The first-order chi connectivity index (χ1) is 13.6. The normalized spacial score (nSPS) is 16.3. The molecule has 29 heavy (non-hydrogen) atoms. The fourth-order valence-electron chi connectivity index (χ4n) is 3.13. The average molecular weight is 393 g/mol. The Morgan fingerprint density at radius 1 is 1.17 bits per heavy atom. The summed E-state index contributed by atoms with van der Waals surface area (Å²) in [7, 11) is 1.85. The van der Waals surface area contributed by atoms with Crippen molar-refractivity contribution in [3.05, 3.63) is 59.7 Å². The predicted octanol–water partition coefficient (Wildman–Crippen LogP) is 3.32. The van der Waals surface area contributed by atoms with E-state index in [1.807, 2.05) is 30.1 Å². The Morgan fingerprint density at radius 3 is 2.48 bits per heavy atom. The molecule has 2 aromatic rings. The fraction of sp³-hybridized carbons (Fsp3) is 0.304. The van der Waals surface area contributed by atoms with Gasteiger partial charge < -0.3 is 20.7 Å². The monoisotopic (exact) mass is 393 g/mol. The Bertz CT molecular complexity index is 943. The molecule has 0 aliphatic carbocycles. The number of carbonyl (C=O) groups excluding carboxylic acids is 2. The van der Waals surface area contributed by atoms with Crippen LogP contribution in [0, 0.1) is 0 Å². The van der Waals surface area contributed by atoms with Gasteiger partial charge in [0.1, 0.15) is 5.75 Å². The number of nitrogens with two attached hydrogens (primary N) is 1. The minimum atomic E-state index is -0.680. The average Bonchev–Trinajstić information content (AvgIpc) is 2.66. The van der Waals surface area contributed by atoms with Crippen molar-refractivity contribution < 1.29 is 14.3 Å². The predicted molar refractivity (Wildman–Crippen MR) is 116 cm³/mol. The number of rotatable bonds is 4. The van der Waals surface area contributed by atoms with Gasteiger partial charge in [-0.3, -0.25) is 9.59 Å². The number of amides is 2. The summed E-state index contributed by atoms with van der Waals surface area (Å²) in [6.07, 6.45) is 2.61. The topological polar surface area (TPSA) is 84.7 Å². The Labute approximate surface area is 171 Å². The van der Waals surface area contributed by atoms with E-state index in [2.05, 4.69) is 38.2 Å². The summed E-state index contributed by atoms with van der Waals surface area (Å²) < 4.78 is 5.62. The van der Waals surface area contributed by atoms with E-state index in [-0.39, 0.29) is 11.3 Å². The molecule has 1 aliphatic heterocycles. The van der Waals surface area contributed by atoms with Gasteiger partial charge in [-0.25, -0.2) is 0 Å². The highest BCUT2D eigenvalue weighted by Gasteiger charge is 2.27. The van der Waals surface area contributed by atoms with Gasteiger partial charge in [-0.2, -0.15) is 0 Å². The molecule has 0 bridgehead atoms. The van der Waals surface area contributed by atoms with Crippen molar-refractivity contribution in [2.75, 3.05) is 23.8 Å². The van der Waals surface area contributed by atoms with E-state index in [0.717, 1.165) is 11.3 Å². The zero-order valence-corrected chi connectivity index (χ0v) is 17.2. The standard InChI is InChI=1S/C23H27N3O3/c1-23(2,3)16-8-5-15(6-9-16)7-12-21(27)25-17-10-11-19-18(13-17)26(4)14-20(29-19)22(24)28/h5-13,20H,14H2,1-4H3,(H2,24,28)(H,25,27)/b12-7+. The number of carbonyl (C=O) groups is 2. The van der Waals surface area contributed by atoms with Crippen LogP contribution in [0.4, 0.5) is 11.4 Å². The van der Waals surface area contributed by atoms with E-state index < -0.39 is 12.0 Å². The molecule has 152 valence electrons. The molecule has 2 aromatic carbocycles. The number of nitrogens with one attached hydrogen (secondary N) is 1. The molecular formula is C23H27N3O3.